The number of halogens is 1. The van der Waals surface area contributed by atoms with Gasteiger partial charge in [-0.05, 0) is 74.6 Å². The maximum Gasteiger partial charge on any atom is 0.267 e. The van der Waals surface area contributed by atoms with Crippen LogP contribution in [-0.2, 0) is 17.6 Å². The molecule has 2 heterocycles. The quantitative estimate of drug-likeness (QED) is 0.133. The lowest BCUT2D eigenvalue weighted by molar-refractivity contribution is -0.118. The molecule has 0 spiro atoms. The van der Waals surface area contributed by atoms with E-state index in [1.165, 1.54) is 16.6 Å². The average Bonchev–Trinajstić information content (AvgIpc) is 3.28. The average molecular weight is 553 g/mol. The smallest absolute Gasteiger partial charge is 0.267 e. The van der Waals surface area contributed by atoms with Gasteiger partial charge in [-0.3, -0.25) is 14.2 Å². The van der Waals surface area contributed by atoms with Crippen molar-refractivity contribution in [3.05, 3.63) is 79.9 Å². The predicted molar refractivity (Wildman–Crippen MR) is 151 cm³/mol. The van der Waals surface area contributed by atoms with Gasteiger partial charge in [0.15, 0.2) is 5.16 Å². The maximum atomic E-state index is 13.8. The summed E-state index contributed by atoms with van der Waals surface area (Å²) in [5.41, 5.74) is 5.00. The van der Waals surface area contributed by atoms with Gasteiger partial charge in [-0.15, -0.1) is 11.3 Å². The van der Waals surface area contributed by atoms with Gasteiger partial charge in [-0.25, -0.2) is 10.4 Å². The van der Waals surface area contributed by atoms with Crippen LogP contribution in [0.2, 0.25) is 5.02 Å². The largest absolute Gasteiger partial charge is 0.493 e. The third-order valence-corrected chi connectivity index (χ3v) is 8.36. The molecule has 0 unspecified atom stereocenters. The number of thiophene rings is 1. The molecule has 10 heteroatoms. The number of thioether (sulfide) groups is 1. The zero-order chi connectivity index (χ0) is 25.8. The Kier molecular flexibility index (Phi) is 7.93. The molecule has 0 saturated carbocycles. The van der Waals surface area contributed by atoms with Gasteiger partial charge in [0.2, 0.25) is 0 Å². The Morgan fingerprint density at radius 2 is 2.00 bits per heavy atom. The summed E-state index contributed by atoms with van der Waals surface area (Å²) >= 11 is 8.89. The van der Waals surface area contributed by atoms with Gasteiger partial charge in [0, 0.05) is 15.5 Å². The molecule has 5 rings (SSSR count). The van der Waals surface area contributed by atoms with Gasteiger partial charge >= 0.3 is 0 Å². The first kappa shape index (κ1) is 25.5. The number of aryl methyl sites for hydroxylation is 2. The summed E-state index contributed by atoms with van der Waals surface area (Å²) in [5.74, 6) is 0.430. The summed E-state index contributed by atoms with van der Waals surface area (Å²) in [6.07, 6.45) is 5.63. The van der Waals surface area contributed by atoms with Crippen LogP contribution in [-0.4, -0.2) is 34.0 Å². The fourth-order valence-electron chi connectivity index (χ4n) is 4.31. The summed E-state index contributed by atoms with van der Waals surface area (Å²) in [5, 5.41) is 5.81. The molecule has 190 valence electrons. The van der Waals surface area contributed by atoms with E-state index >= 15 is 0 Å². The molecule has 2 aromatic heterocycles. The molecule has 2 aromatic carbocycles. The number of carbonyl (C=O) groups excluding carboxylic acids is 1. The Bertz CT molecular complexity index is 1530. The zero-order valence-electron chi connectivity index (χ0n) is 20.2. The number of nitrogens with one attached hydrogen (secondary N) is 1. The molecule has 0 fully saturated rings. The second kappa shape index (κ2) is 11.5. The minimum absolute atomic E-state index is 0.0427. The normalized spacial score (nSPS) is 13.1. The Labute approximate surface area is 227 Å². The van der Waals surface area contributed by atoms with Crippen LogP contribution in [0.4, 0.5) is 0 Å². The van der Waals surface area contributed by atoms with E-state index < -0.39 is 0 Å². The van der Waals surface area contributed by atoms with Crippen molar-refractivity contribution in [3.8, 4) is 11.4 Å². The predicted octanol–water partition coefficient (Wildman–Crippen LogP) is 5.62. The first-order chi connectivity index (χ1) is 18.0. The number of ether oxygens (including phenoxy) is 1. The number of hydrazone groups is 1. The number of rotatable bonds is 8. The van der Waals surface area contributed by atoms with Crippen molar-refractivity contribution in [1.82, 2.24) is 15.0 Å². The van der Waals surface area contributed by atoms with Gasteiger partial charge in [0.05, 0.1) is 29.6 Å². The molecule has 0 bridgehead atoms. The van der Waals surface area contributed by atoms with E-state index in [9.17, 15) is 9.59 Å². The van der Waals surface area contributed by atoms with Crippen LogP contribution in [0.15, 0.2) is 63.6 Å². The highest BCUT2D eigenvalue weighted by Crippen LogP contribution is 2.35. The second-order valence-corrected chi connectivity index (χ2v) is 10.9. The Balaban J connectivity index is 1.40. The number of amides is 1. The topological polar surface area (TPSA) is 85.6 Å². The number of hydrogen-bond donors (Lipinski definition) is 1. The third kappa shape index (κ3) is 5.58. The van der Waals surface area contributed by atoms with E-state index in [4.69, 9.17) is 21.3 Å². The summed E-state index contributed by atoms with van der Waals surface area (Å²) in [6.45, 7) is 2.45. The summed E-state index contributed by atoms with van der Waals surface area (Å²) in [6, 6.07) is 14.5. The van der Waals surface area contributed by atoms with Crippen molar-refractivity contribution >= 4 is 57.0 Å². The van der Waals surface area contributed by atoms with E-state index in [0.717, 1.165) is 41.6 Å². The first-order valence-electron chi connectivity index (χ1n) is 12.0. The molecule has 7 nitrogen and oxygen atoms in total. The Morgan fingerprint density at radius 3 is 2.81 bits per heavy atom. The van der Waals surface area contributed by atoms with Crippen LogP contribution < -0.4 is 15.7 Å². The molecule has 0 saturated heterocycles. The van der Waals surface area contributed by atoms with Crippen LogP contribution >= 0.6 is 34.7 Å². The first-order valence-corrected chi connectivity index (χ1v) is 14.2. The minimum atomic E-state index is -0.308. The molecule has 37 heavy (non-hydrogen) atoms. The molecule has 0 radical (unpaired) electrons. The van der Waals surface area contributed by atoms with Gasteiger partial charge in [0.25, 0.3) is 11.5 Å². The highest BCUT2D eigenvalue weighted by Gasteiger charge is 2.23. The molecule has 1 aliphatic carbocycles. The van der Waals surface area contributed by atoms with Crippen molar-refractivity contribution < 1.29 is 9.53 Å². The lowest BCUT2D eigenvalue weighted by atomic mass is 9.97. The van der Waals surface area contributed by atoms with Crippen molar-refractivity contribution in [1.29, 1.82) is 0 Å². The van der Waals surface area contributed by atoms with Crippen molar-refractivity contribution in [3.63, 3.8) is 0 Å². The monoisotopic (exact) mass is 552 g/mol. The van der Waals surface area contributed by atoms with Crippen molar-refractivity contribution in [2.45, 2.75) is 37.8 Å². The van der Waals surface area contributed by atoms with Crippen LogP contribution in [0.1, 0.15) is 35.8 Å². The second-order valence-electron chi connectivity index (χ2n) is 8.46. The van der Waals surface area contributed by atoms with Crippen LogP contribution in [0.5, 0.6) is 5.75 Å². The van der Waals surface area contributed by atoms with Gasteiger partial charge in [-0.2, -0.15) is 5.10 Å². The number of aromatic nitrogens is 2. The summed E-state index contributed by atoms with van der Waals surface area (Å²) in [4.78, 5) is 33.2. The summed E-state index contributed by atoms with van der Waals surface area (Å²) < 4.78 is 7.17. The molecular formula is C27H25ClN4O3S2. The molecule has 4 aromatic rings. The van der Waals surface area contributed by atoms with E-state index in [1.54, 1.807) is 46.4 Å². The maximum absolute atomic E-state index is 13.8. The lowest BCUT2D eigenvalue weighted by Crippen LogP contribution is -2.24. The van der Waals surface area contributed by atoms with E-state index in [-0.39, 0.29) is 17.2 Å². The minimum Gasteiger partial charge on any atom is -0.493 e. The number of carbonyl (C=O) groups is 1. The highest BCUT2D eigenvalue weighted by molar-refractivity contribution is 7.99. The Morgan fingerprint density at radius 1 is 1.22 bits per heavy atom. The van der Waals surface area contributed by atoms with Crippen LogP contribution in [0, 0.1) is 0 Å². The molecular weight excluding hydrogens is 528 g/mol. The Hall–Kier alpha value is -3.14. The third-order valence-electron chi connectivity index (χ3n) is 5.99. The van der Waals surface area contributed by atoms with Gasteiger partial charge in [-0.1, -0.05) is 35.5 Å². The summed E-state index contributed by atoms with van der Waals surface area (Å²) in [7, 11) is 0. The number of para-hydroxylation sites is 1. The SMILES string of the molecule is CCOc1ccccc1C=NNC(=O)CSc1nc2sc3c(c2c(=O)n1-c1ccc(Cl)cc1)CCCC3. The highest BCUT2D eigenvalue weighted by atomic mass is 35.5. The molecule has 1 N–H and O–H groups in total. The van der Waals surface area contributed by atoms with E-state index in [0.29, 0.717) is 33.6 Å². The molecule has 1 aliphatic rings. The number of benzene rings is 2. The van der Waals surface area contributed by atoms with Crippen LogP contribution in [0.25, 0.3) is 15.9 Å². The van der Waals surface area contributed by atoms with Crippen LogP contribution in [0.3, 0.4) is 0 Å². The fourth-order valence-corrected chi connectivity index (χ4v) is 6.54. The molecule has 0 aliphatic heterocycles. The van der Waals surface area contributed by atoms with Crippen molar-refractivity contribution in [2.24, 2.45) is 5.10 Å². The number of nitrogens with zero attached hydrogens (tertiary/aromatic N) is 3. The lowest BCUT2D eigenvalue weighted by Gasteiger charge is -2.13. The number of hydrogen-bond acceptors (Lipinski definition) is 7. The van der Waals surface area contributed by atoms with E-state index in [2.05, 4.69) is 10.5 Å². The number of fused-ring (bicyclic) bond motifs is 3. The molecule has 1 amide bonds. The zero-order valence-corrected chi connectivity index (χ0v) is 22.6. The van der Waals surface area contributed by atoms with Gasteiger partial charge in [0.1, 0.15) is 10.6 Å². The van der Waals surface area contributed by atoms with Crippen molar-refractivity contribution in [2.75, 3.05) is 12.4 Å². The van der Waals surface area contributed by atoms with Gasteiger partial charge < -0.3 is 4.74 Å². The van der Waals surface area contributed by atoms with E-state index in [1.807, 2.05) is 31.2 Å². The standard InChI is InChI=1S/C27H25ClN4O3S2/c1-2-35-21-9-5-3-7-17(21)15-29-31-23(33)16-36-27-30-25-24(20-8-4-6-10-22(20)37-25)26(34)32(27)19-13-11-18(28)12-14-19/h3,5,7,9,11-15H,2,4,6,8,10,16H2,1H3,(H,31,33). The molecule has 0 atom stereocenters. The fraction of sp³-hybridized carbons (Fsp3) is 0.259.